The predicted molar refractivity (Wildman–Crippen MR) is 67.7 cm³/mol. The molecule has 0 spiro atoms. The van der Waals surface area contributed by atoms with E-state index < -0.39 is 27.5 Å². The third kappa shape index (κ3) is 3.72. The van der Waals surface area contributed by atoms with Gasteiger partial charge in [0.25, 0.3) is 10.0 Å². The lowest BCUT2D eigenvalue weighted by atomic mass is 10.5. The van der Waals surface area contributed by atoms with Crippen molar-refractivity contribution in [3.63, 3.8) is 0 Å². The van der Waals surface area contributed by atoms with Crippen LogP contribution in [0, 0.1) is 10.1 Å². The molecule has 1 N–H and O–H groups in total. The summed E-state index contributed by atoms with van der Waals surface area (Å²) in [5.74, 6) is -1.27. The number of rotatable bonds is 7. The maximum Gasteiger partial charge on any atom is 0.325 e. The van der Waals surface area contributed by atoms with E-state index in [2.05, 4.69) is 0 Å². The zero-order valence-electron chi connectivity index (χ0n) is 9.98. The first kappa shape index (κ1) is 15.5. The second-order valence-corrected chi connectivity index (χ2v) is 6.81. The average molecular weight is 308 g/mol. The lowest BCUT2D eigenvalue weighted by Crippen LogP contribution is -2.35. The van der Waals surface area contributed by atoms with E-state index in [4.69, 9.17) is 5.11 Å². The minimum absolute atomic E-state index is 0.0420. The molecular formula is C9H12N2O6S2. The van der Waals surface area contributed by atoms with E-state index in [0.717, 1.165) is 16.4 Å². The van der Waals surface area contributed by atoms with E-state index in [9.17, 15) is 23.3 Å². The van der Waals surface area contributed by atoms with E-state index >= 15 is 0 Å². The third-order valence-corrected chi connectivity index (χ3v) is 5.48. The molecule has 0 radical (unpaired) electrons. The van der Waals surface area contributed by atoms with Gasteiger partial charge in [-0.1, -0.05) is 6.92 Å². The highest BCUT2D eigenvalue weighted by atomic mass is 32.2. The van der Waals surface area contributed by atoms with Crippen LogP contribution in [-0.4, -0.2) is 41.8 Å². The van der Waals surface area contributed by atoms with Crippen molar-refractivity contribution in [1.82, 2.24) is 4.31 Å². The Labute approximate surface area is 113 Å². The van der Waals surface area contributed by atoms with E-state index in [1.54, 1.807) is 6.92 Å². The Morgan fingerprint density at radius 1 is 1.53 bits per heavy atom. The number of hydrogen-bond acceptors (Lipinski definition) is 6. The van der Waals surface area contributed by atoms with Crippen LogP contribution < -0.4 is 0 Å². The topological polar surface area (TPSA) is 118 Å². The van der Waals surface area contributed by atoms with Gasteiger partial charge in [-0.3, -0.25) is 14.9 Å². The molecule has 1 aromatic heterocycles. The van der Waals surface area contributed by atoms with E-state index in [-0.39, 0.29) is 15.8 Å². The van der Waals surface area contributed by atoms with Crippen molar-refractivity contribution in [2.24, 2.45) is 0 Å². The molecular weight excluding hydrogens is 296 g/mol. The van der Waals surface area contributed by atoms with Gasteiger partial charge in [0.05, 0.1) is 4.92 Å². The molecule has 0 unspecified atom stereocenters. The van der Waals surface area contributed by atoms with Crippen LogP contribution in [-0.2, 0) is 14.8 Å². The quantitative estimate of drug-likeness (QED) is 0.596. The van der Waals surface area contributed by atoms with Gasteiger partial charge in [0.15, 0.2) is 0 Å². The highest BCUT2D eigenvalue weighted by Crippen LogP contribution is 2.29. The summed E-state index contributed by atoms with van der Waals surface area (Å²) in [6.07, 6.45) is 0.444. The first-order valence-corrected chi connectivity index (χ1v) is 7.51. The molecule has 0 aromatic carbocycles. The molecule has 1 rings (SSSR count). The maximum absolute atomic E-state index is 12.1. The smallest absolute Gasteiger partial charge is 0.325 e. The third-order valence-electron chi connectivity index (χ3n) is 2.13. The van der Waals surface area contributed by atoms with Crippen LogP contribution in [0.2, 0.25) is 0 Å². The Morgan fingerprint density at radius 3 is 2.58 bits per heavy atom. The van der Waals surface area contributed by atoms with Crippen molar-refractivity contribution >= 4 is 32.3 Å². The Balaban J connectivity index is 3.10. The average Bonchev–Trinajstić information content (AvgIpc) is 2.77. The molecule has 0 bridgehead atoms. The molecule has 10 heteroatoms. The van der Waals surface area contributed by atoms with Gasteiger partial charge in [-0.15, -0.1) is 0 Å². The summed E-state index contributed by atoms with van der Waals surface area (Å²) in [6, 6.07) is 2.20. The van der Waals surface area contributed by atoms with Gasteiger partial charge < -0.3 is 5.11 Å². The van der Waals surface area contributed by atoms with Crippen molar-refractivity contribution in [1.29, 1.82) is 0 Å². The molecule has 0 saturated carbocycles. The Kier molecular flexibility index (Phi) is 4.97. The fourth-order valence-corrected chi connectivity index (χ4v) is 4.10. The summed E-state index contributed by atoms with van der Waals surface area (Å²) in [7, 11) is -4.00. The van der Waals surface area contributed by atoms with Gasteiger partial charge in [0, 0.05) is 12.6 Å². The van der Waals surface area contributed by atoms with Crippen molar-refractivity contribution in [2.75, 3.05) is 13.1 Å². The molecule has 19 heavy (non-hydrogen) atoms. The number of aliphatic carboxylic acids is 1. The highest BCUT2D eigenvalue weighted by Gasteiger charge is 2.29. The number of thiophene rings is 1. The minimum Gasteiger partial charge on any atom is -0.480 e. The molecule has 0 fully saturated rings. The molecule has 0 aliphatic rings. The van der Waals surface area contributed by atoms with Crippen LogP contribution in [0.25, 0.3) is 0 Å². The van der Waals surface area contributed by atoms with E-state index in [0.29, 0.717) is 17.8 Å². The fourth-order valence-electron chi connectivity index (χ4n) is 1.36. The zero-order chi connectivity index (χ0) is 14.6. The summed E-state index contributed by atoms with van der Waals surface area (Å²) in [5, 5.41) is 18.9. The lowest BCUT2D eigenvalue weighted by Gasteiger charge is -2.18. The highest BCUT2D eigenvalue weighted by molar-refractivity contribution is 7.91. The first-order chi connectivity index (χ1) is 8.78. The van der Waals surface area contributed by atoms with Gasteiger partial charge in [-0.2, -0.15) is 4.31 Å². The normalized spacial score (nSPS) is 11.7. The molecule has 0 saturated heterocycles. The number of hydrogen-bond donors (Lipinski definition) is 1. The zero-order valence-corrected chi connectivity index (χ0v) is 11.6. The summed E-state index contributed by atoms with van der Waals surface area (Å²) in [6.45, 7) is 1.09. The second kappa shape index (κ2) is 6.08. The van der Waals surface area contributed by atoms with Gasteiger partial charge in [0.2, 0.25) is 0 Å². The first-order valence-electron chi connectivity index (χ1n) is 5.25. The standard InChI is InChI=1S/C9H12N2O6S2/c1-2-5-10(6-8(12)13)19(16,17)9-4-3-7(18-9)11(14)15/h3-4H,2,5-6H2,1H3,(H,12,13). The minimum atomic E-state index is -4.00. The van der Waals surface area contributed by atoms with Crippen molar-refractivity contribution in [2.45, 2.75) is 17.6 Å². The second-order valence-electron chi connectivity index (χ2n) is 3.58. The van der Waals surface area contributed by atoms with Crippen LogP contribution in [0.3, 0.4) is 0 Å². The molecule has 106 valence electrons. The maximum atomic E-state index is 12.1. The Bertz CT molecular complexity index is 579. The van der Waals surface area contributed by atoms with Crippen LogP contribution in [0.1, 0.15) is 13.3 Å². The molecule has 8 nitrogen and oxygen atoms in total. The summed E-state index contributed by atoms with van der Waals surface area (Å²) < 4.78 is 24.9. The Morgan fingerprint density at radius 2 is 2.16 bits per heavy atom. The molecule has 1 aromatic rings. The number of carbonyl (C=O) groups is 1. The molecule has 1 heterocycles. The monoisotopic (exact) mass is 308 g/mol. The number of nitrogens with zero attached hydrogens (tertiary/aromatic N) is 2. The van der Waals surface area contributed by atoms with E-state index in [1.165, 1.54) is 0 Å². The molecule has 0 aliphatic heterocycles. The van der Waals surface area contributed by atoms with E-state index in [1.807, 2.05) is 0 Å². The van der Waals surface area contributed by atoms with Gasteiger partial charge in [-0.05, 0) is 23.8 Å². The van der Waals surface area contributed by atoms with Crippen molar-refractivity contribution in [3.05, 3.63) is 22.2 Å². The number of sulfonamides is 1. The van der Waals surface area contributed by atoms with Crippen LogP contribution in [0.4, 0.5) is 5.00 Å². The predicted octanol–water partition coefficient (Wildman–Crippen LogP) is 1.14. The number of nitro groups is 1. The van der Waals surface area contributed by atoms with Crippen molar-refractivity contribution < 1.29 is 23.2 Å². The Hall–Kier alpha value is -1.52. The van der Waals surface area contributed by atoms with Gasteiger partial charge >= 0.3 is 11.0 Å². The van der Waals surface area contributed by atoms with Crippen LogP contribution in [0.5, 0.6) is 0 Å². The summed E-state index contributed by atoms with van der Waals surface area (Å²) >= 11 is 0.508. The molecule has 0 aliphatic carbocycles. The number of carboxylic acid groups (broad SMARTS) is 1. The van der Waals surface area contributed by atoms with Crippen LogP contribution in [0.15, 0.2) is 16.3 Å². The van der Waals surface area contributed by atoms with Gasteiger partial charge in [-0.25, -0.2) is 8.42 Å². The molecule has 0 amide bonds. The van der Waals surface area contributed by atoms with Gasteiger partial charge in [0.1, 0.15) is 10.8 Å². The largest absolute Gasteiger partial charge is 0.480 e. The van der Waals surface area contributed by atoms with Crippen molar-refractivity contribution in [3.8, 4) is 0 Å². The fraction of sp³-hybridized carbons (Fsp3) is 0.444. The lowest BCUT2D eigenvalue weighted by molar-refractivity contribution is -0.380. The summed E-state index contributed by atoms with van der Waals surface area (Å²) in [4.78, 5) is 20.5. The SMILES string of the molecule is CCCN(CC(=O)O)S(=O)(=O)c1ccc([N+](=O)[O-])s1. The molecule has 0 atom stereocenters. The van der Waals surface area contributed by atoms with Crippen LogP contribution >= 0.6 is 11.3 Å². The number of carboxylic acids is 1. The summed E-state index contributed by atoms with van der Waals surface area (Å²) in [5.41, 5.74) is 0.